The maximum atomic E-state index is 2.60. The molecule has 6 aromatic carbocycles. The monoisotopic (exact) mass is 727 g/mol. The number of hydrogen-bond donors (Lipinski definition) is 0. The van der Waals surface area contributed by atoms with Gasteiger partial charge < -0.3 is 4.57 Å². The van der Waals surface area contributed by atoms with Gasteiger partial charge in [0, 0.05) is 62.7 Å². The average molecular weight is 728 g/mol. The molecule has 0 N–H and O–H groups in total. The van der Waals surface area contributed by atoms with Gasteiger partial charge in [-0.2, -0.15) is 0 Å². The molecule has 1 atom stereocenters. The predicted molar refractivity (Wildman–Crippen MR) is 235 cm³/mol. The summed E-state index contributed by atoms with van der Waals surface area (Å²) in [5, 5.41) is 6.74. The Balaban J connectivity index is 1.06. The molecular formula is C51H37NS2. The van der Waals surface area contributed by atoms with Crippen molar-refractivity contribution in [3.63, 3.8) is 0 Å². The molecule has 258 valence electrons. The smallest absolute Gasteiger partial charge is 0.0538 e. The molecule has 3 aliphatic carbocycles. The van der Waals surface area contributed by atoms with E-state index in [1.807, 2.05) is 22.7 Å². The van der Waals surface area contributed by atoms with Gasteiger partial charge in [-0.1, -0.05) is 111 Å². The van der Waals surface area contributed by atoms with Gasteiger partial charge in [0.15, 0.2) is 0 Å². The Morgan fingerprint density at radius 3 is 2.22 bits per heavy atom. The maximum absolute atomic E-state index is 2.60. The van der Waals surface area contributed by atoms with Crippen LogP contribution in [0.4, 0.5) is 0 Å². The third-order valence-electron chi connectivity index (χ3n) is 12.8. The van der Waals surface area contributed by atoms with Crippen LogP contribution in [0.1, 0.15) is 54.6 Å². The lowest BCUT2D eigenvalue weighted by Crippen LogP contribution is -2.24. The molecule has 0 fully saturated rings. The summed E-state index contributed by atoms with van der Waals surface area (Å²) in [4.78, 5) is 0. The molecule has 0 saturated heterocycles. The Bertz CT molecular complexity index is 3170. The first-order chi connectivity index (χ1) is 26.5. The molecule has 3 heteroatoms. The highest BCUT2D eigenvalue weighted by molar-refractivity contribution is 7.26. The van der Waals surface area contributed by atoms with Gasteiger partial charge in [0.25, 0.3) is 0 Å². The van der Waals surface area contributed by atoms with Crippen LogP contribution in [-0.4, -0.2) is 4.57 Å². The van der Waals surface area contributed by atoms with Crippen LogP contribution in [0.25, 0.3) is 85.3 Å². The maximum Gasteiger partial charge on any atom is 0.0538 e. The molecule has 12 rings (SSSR count). The fourth-order valence-electron chi connectivity index (χ4n) is 10.1. The molecule has 3 aliphatic rings. The van der Waals surface area contributed by atoms with E-state index in [1.165, 1.54) is 107 Å². The number of thiophene rings is 2. The number of allylic oxidation sites excluding steroid dienone is 5. The number of benzene rings is 6. The molecule has 0 spiro atoms. The molecule has 1 unspecified atom stereocenters. The third-order valence-corrected chi connectivity index (χ3v) is 15.2. The lowest BCUT2D eigenvalue weighted by molar-refractivity contribution is 0.418. The van der Waals surface area contributed by atoms with E-state index in [0.717, 1.165) is 19.3 Å². The van der Waals surface area contributed by atoms with Gasteiger partial charge in [-0.25, -0.2) is 0 Å². The van der Waals surface area contributed by atoms with Crippen molar-refractivity contribution in [1.29, 1.82) is 0 Å². The van der Waals surface area contributed by atoms with Crippen LogP contribution < -0.4 is 0 Å². The van der Waals surface area contributed by atoms with Crippen molar-refractivity contribution in [2.75, 3.05) is 0 Å². The number of hydrogen-bond acceptors (Lipinski definition) is 2. The van der Waals surface area contributed by atoms with Crippen molar-refractivity contribution in [3.05, 3.63) is 168 Å². The van der Waals surface area contributed by atoms with Gasteiger partial charge >= 0.3 is 0 Å². The van der Waals surface area contributed by atoms with E-state index in [4.69, 9.17) is 0 Å². The Morgan fingerprint density at radius 2 is 1.35 bits per heavy atom. The van der Waals surface area contributed by atoms with Gasteiger partial charge in [0.2, 0.25) is 0 Å². The summed E-state index contributed by atoms with van der Waals surface area (Å²) in [5.41, 5.74) is 15.2. The second-order valence-electron chi connectivity index (χ2n) is 16.0. The summed E-state index contributed by atoms with van der Waals surface area (Å²) in [6.07, 6.45) is 12.8. The lowest BCUT2D eigenvalue weighted by atomic mass is 9.72. The molecule has 0 radical (unpaired) electrons. The highest BCUT2D eigenvalue weighted by atomic mass is 32.1. The molecule has 1 nitrogen and oxygen atoms in total. The van der Waals surface area contributed by atoms with Crippen molar-refractivity contribution in [2.24, 2.45) is 5.92 Å². The molecule has 0 amide bonds. The standard InChI is InChI=1S/C51H37NS2/c1-51(2)43-15-7-3-11-34(43)35-22-19-32(27-44(35)51)39-28-33(29-42-38-14-6-10-18-48(38)54-50(39)42)52-45-16-8-4-12-36(45)40-25-30(20-23-46(40)52)31-21-24-49-41(26-31)37-13-5-9-17-47(37)53-49/h3-7,9-15,17-26,28-29,44H,8,16,27H2,1-2H3. The summed E-state index contributed by atoms with van der Waals surface area (Å²) in [7, 11) is 0. The number of fused-ring (bicyclic) bond motifs is 12. The van der Waals surface area contributed by atoms with Gasteiger partial charge in [-0.3, -0.25) is 0 Å². The molecule has 0 aliphatic heterocycles. The van der Waals surface area contributed by atoms with Crippen LogP contribution in [0.2, 0.25) is 0 Å². The number of nitrogens with zero attached hydrogens (tertiary/aromatic N) is 1. The van der Waals surface area contributed by atoms with Crippen LogP contribution in [0.3, 0.4) is 0 Å². The minimum absolute atomic E-state index is 0.0830. The first kappa shape index (κ1) is 30.9. The second-order valence-corrected chi connectivity index (χ2v) is 18.1. The molecular weight excluding hydrogens is 691 g/mol. The zero-order chi connectivity index (χ0) is 35.7. The van der Waals surface area contributed by atoms with E-state index in [-0.39, 0.29) is 5.41 Å². The summed E-state index contributed by atoms with van der Waals surface area (Å²) >= 11 is 3.84. The Morgan fingerprint density at radius 1 is 0.630 bits per heavy atom. The van der Waals surface area contributed by atoms with Gasteiger partial charge in [0.1, 0.15) is 0 Å². The SMILES string of the molecule is CC1(C)c2ccccc2C2=CC=C(c3cc(-n4c5c(c6cc(-c7ccc8sc9ccccc9c8c7)ccc64)C=CCC5)cc4c3sc3ccccc34)CC21. The normalized spacial score (nSPS) is 17.3. The fraction of sp³-hybridized carbons (Fsp3) is 0.137. The van der Waals surface area contributed by atoms with Crippen molar-refractivity contribution in [3.8, 4) is 16.8 Å². The first-order valence-corrected chi connectivity index (χ1v) is 20.9. The predicted octanol–water partition coefficient (Wildman–Crippen LogP) is 14.8. The Kier molecular flexibility index (Phi) is 6.46. The highest BCUT2D eigenvalue weighted by Crippen LogP contribution is 2.55. The zero-order valence-corrected chi connectivity index (χ0v) is 32.0. The van der Waals surface area contributed by atoms with Crippen LogP contribution in [0, 0.1) is 5.92 Å². The van der Waals surface area contributed by atoms with Gasteiger partial charge in [-0.15, -0.1) is 22.7 Å². The van der Waals surface area contributed by atoms with Crippen LogP contribution in [0.5, 0.6) is 0 Å². The van der Waals surface area contributed by atoms with Crippen LogP contribution >= 0.6 is 22.7 Å². The van der Waals surface area contributed by atoms with E-state index >= 15 is 0 Å². The average Bonchev–Trinajstić information content (AvgIpc) is 3.94. The van der Waals surface area contributed by atoms with E-state index in [2.05, 4.69) is 164 Å². The van der Waals surface area contributed by atoms with Crippen molar-refractivity contribution in [2.45, 2.75) is 38.5 Å². The van der Waals surface area contributed by atoms with E-state index in [1.54, 1.807) is 0 Å². The van der Waals surface area contributed by atoms with Crippen LogP contribution in [0.15, 0.2) is 140 Å². The molecule has 3 heterocycles. The largest absolute Gasteiger partial charge is 0.313 e. The highest BCUT2D eigenvalue weighted by Gasteiger charge is 2.43. The van der Waals surface area contributed by atoms with E-state index in [9.17, 15) is 0 Å². The summed E-state index contributed by atoms with van der Waals surface area (Å²) in [5.74, 6) is 0.456. The molecule has 3 aromatic heterocycles. The Hall–Kier alpha value is -5.48. The molecule has 9 aromatic rings. The lowest BCUT2D eigenvalue weighted by Gasteiger charge is -2.32. The van der Waals surface area contributed by atoms with Crippen LogP contribution in [-0.2, 0) is 11.8 Å². The number of rotatable bonds is 3. The molecule has 0 saturated carbocycles. The summed E-state index contributed by atoms with van der Waals surface area (Å²) < 4.78 is 8.06. The first-order valence-electron chi connectivity index (χ1n) is 19.2. The number of aromatic nitrogens is 1. The Labute approximate surface area is 322 Å². The third kappa shape index (κ3) is 4.31. The van der Waals surface area contributed by atoms with E-state index in [0.29, 0.717) is 5.92 Å². The minimum atomic E-state index is 0.0830. The van der Waals surface area contributed by atoms with Gasteiger partial charge in [0.05, 0.1) is 5.52 Å². The summed E-state index contributed by atoms with van der Waals surface area (Å²) in [6, 6.07) is 46.1. The van der Waals surface area contributed by atoms with E-state index < -0.39 is 0 Å². The van der Waals surface area contributed by atoms with Crippen molar-refractivity contribution >= 4 is 91.1 Å². The zero-order valence-electron chi connectivity index (χ0n) is 30.3. The van der Waals surface area contributed by atoms with Gasteiger partial charge in [-0.05, 0) is 118 Å². The molecule has 54 heavy (non-hydrogen) atoms. The summed E-state index contributed by atoms with van der Waals surface area (Å²) in [6.45, 7) is 4.90. The van der Waals surface area contributed by atoms with Crippen molar-refractivity contribution < 1.29 is 0 Å². The minimum Gasteiger partial charge on any atom is -0.313 e. The topological polar surface area (TPSA) is 4.93 Å². The van der Waals surface area contributed by atoms with Crippen molar-refractivity contribution in [1.82, 2.24) is 4.57 Å². The quantitative estimate of drug-likeness (QED) is 0.171. The fourth-order valence-corrected chi connectivity index (χ4v) is 12.4. The molecule has 0 bridgehead atoms. The second kappa shape index (κ2) is 11.3.